The van der Waals surface area contributed by atoms with Gasteiger partial charge in [-0.25, -0.2) is 0 Å². The minimum atomic E-state index is -4.76. The van der Waals surface area contributed by atoms with E-state index in [-0.39, 0.29) is 10.6 Å². The van der Waals surface area contributed by atoms with E-state index in [1.54, 1.807) is 12.1 Å². The van der Waals surface area contributed by atoms with Crippen LogP contribution in [0.1, 0.15) is 31.8 Å². The molecule has 0 spiro atoms. The highest BCUT2D eigenvalue weighted by molar-refractivity contribution is 14.1. The Bertz CT molecular complexity index is 841. The SMILES string of the molecule is Cc1ccc(C(=O)NNC(=O)c2c(Cl)cccc2C(F)(F)F)cc1I. The van der Waals surface area contributed by atoms with Crippen molar-refractivity contribution in [3.8, 4) is 0 Å². The van der Waals surface area contributed by atoms with Gasteiger partial charge in [-0.05, 0) is 59.3 Å². The predicted molar refractivity (Wildman–Crippen MR) is 95.3 cm³/mol. The summed E-state index contributed by atoms with van der Waals surface area (Å²) in [7, 11) is 0. The first-order chi connectivity index (χ1) is 11.6. The highest BCUT2D eigenvalue weighted by Gasteiger charge is 2.36. The van der Waals surface area contributed by atoms with Gasteiger partial charge in [0.2, 0.25) is 0 Å². The predicted octanol–water partition coefficient (Wildman–Crippen LogP) is 4.35. The van der Waals surface area contributed by atoms with Gasteiger partial charge in [0, 0.05) is 9.13 Å². The maximum absolute atomic E-state index is 13.0. The van der Waals surface area contributed by atoms with Crippen molar-refractivity contribution in [3.05, 3.63) is 67.2 Å². The largest absolute Gasteiger partial charge is 0.417 e. The topological polar surface area (TPSA) is 58.2 Å². The van der Waals surface area contributed by atoms with Crippen molar-refractivity contribution >= 4 is 46.0 Å². The number of nitrogens with one attached hydrogen (secondary N) is 2. The van der Waals surface area contributed by atoms with Crippen LogP contribution in [0.25, 0.3) is 0 Å². The smallest absolute Gasteiger partial charge is 0.267 e. The van der Waals surface area contributed by atoms with Crippen LogP contribution in [0.2, 0.25) is 5.02 Å². The molecule has 2 rings (SSSR count). The van der Waals surface area contributed by atoms with Gasteiger partial charge in [-0.3, -0.25) is 20.4 Å². The van der Waals surface area contributed by atoms with Gasteiger partial charge in [-0.15, -0.1) is 0 Å². The van der Waals surface area contributed by atoms with Crippen LogP contribution in [0.5, 0.6) is 0 Å². The molecule has 0 atom stereocenters. The molecule has 0 radical (unpaired) electrons. The van der Waals surface area contributed by atoms with Gasteiger partial charge in [0.25, 0.3) is 11.8 Å². The fourth-order valence-corrected chi connectivity index (χ4v) is 2.75. The molecule has 0 unspecified atom stereocenters. The molecule has 0 fully saturated rings. The summed E-state index contributed by atoms with van der Waals surface area (Å²) in [6.45, 7) is 1.86. The fraction of sp³-hybridized carbons (Fsp3) is 0.125. The van der Waals surface area contributed by atoms with E-state index in [1.165, 1.54) is 6.07 Å². The molecule has 2 aromatic rings. The summed E-state index contributed by atoms with van der Waals surface area (Å²) in [4.78, 5) is 24.1. The quantitative estimate of drug-likeness (QED) is 0.494. The summed E-state index contributed by atoms with van der Waals surface area (Å²) in [5.74, 6) is -1.82. The van der Waals surface area contributed by atoms with Crippen LogP contribution in [-0.4, -0.2) is 11.8 Å². The van der Waals surface area contributed by atoms with Gasteiger partial charge in [0.1, 0.15) is 0 Å². The lowest BCUT2D eigenvalue weighted by Crippen LogP contribution is -2.42. The summed E-state index contributed by atoms with van der Waals surface area (Å²) in [5.41, 5.74) is 3.32. The van der Waals surface area contributed by atoms with Crippen molar-refractivity contribution in [2.45, 2.75) is 13.1 Å². The molecule has 0 aliphatic rings. The normalized spacial score (nSPS) is 11.1. The molecule has 25 heavy (non-hydrogen) atoms. The van der Waals surface area contributed by atoms with Gasteiger partial charge >= 0.3 is 6.18 Å². The van der Waals surface area contributed by atoms with Crippen LogP contribution in [0.3, 0.4) is 0 Å². The number of halogens is 5. The molecule has 0 aromatic heterocycles. The molecule has 2 aromatic carbocycles. The molecule has 2 N–H and O–H groups in total. The molecule has 0 aliphatic carbocycles. The Balaban J connectivity index is 2.18. The lowest BCUT2D eigenvalue weighted by atomic mass is 10.1. The van der Waals surface area contributed by atoms with Crippen molar-refractivity contribution in [1.29, 1.82) is 0 Å². The third kappa shape index (κ3) is 4.63. The van der Waals surface area contributed by atoms with Crippen molar-refractivity contribution < 1.29 is 22.8 Å². The summed E-state index contributed by atoms with van der Waals surface area (Å²) < 4.78 is 39.9. The molecular weight excluding hydrogens is 472 g/mol. The van der Waals surface area contributed by atoms with Crippen LogP contribution < -0.4 is 10.9 Å². The molecule has 2 amide bonds. The van der Waals surface area contributed by atoms with E-state index in [4.69, 9.17) is 11.6 Å². The second-order valence-corrected chi connectivity index (χ2v) is 6.60. The summed E-state index contributed by atoms with van der Waals surface area (Å²) in [6.07, 6.45) is -4.76. The third-order valence-corrected chi connectivity index (χ3v) is 4.75. The van der Waals surface area contributed by atoms with Gasteiger partial charge in [-0.1, -0.05) is 23.7 Å². The summed E-state index contributed by atoms with van der Waals surface area (Å²) in [6, 6.07) is 7.84. The Morgan fingerprint density at radius 2 is 1.72 bits per heavy atom. The zero-order valence-electron chi connectivity index (χ0n) is 12.7. The number of hydrazine groups is 1. The second-order valence-electron chi connectivity index (χ2n) is 5.03. The van der Waals surface area contributed by atoms with Crippen molar-refractivity contribution in [2.24, 2.45) is 0 Å². The lowest BCUT2D eigenvalue weighted by molar-refractivity contribution is -0.137. The molecule has 132 valence electrons. The Labute approximate surface area is 159 Å². The number of amides is 2. The van der Waals surface area contributed by atoms with Gasteiger partial charge in [-0.2, -0.15) is 13.2 Å². The zero-order valence-corrected chi connectivity index (χ0v) is 15.6. The van der Waals surface area contributed by atoms with E-state index in [0.717, 1.165) is 27.3 Å². The average Bonchev–Trinajstić information content (AvgIpc) is 2.53. The van der Waals surface area contributed by atoms with Crippen LogP contribution in [0, 0.1) is 10.5 Å². The van der Waals surface area contributed by atoms with E-state index in [9.17, 15) is 22.8 Å². The minimum absolute atomic E-state index is 0.255. The average molecular weight is 483 g/mol. The maximum atomic E-state index is 13.0. The molecule has 0 saturated carbocycles. The summed E-state index contributed by atoms with van der Waals surface area (Å²) >= 11 is 7.77. The number of hydrogen-bond acceptors (Lipinski definition) is 2. The maximum Gasteiger partial charge on any atom is 0.417 e. The van der Waals surface area contributed by atoms with Crippen LogP contribution in [-0.2, 0) is 6.18 Å². The minimum Gasteiger partial charge on any atom is -0.267 e. The Morgan fingerprint density at radius 1 is 1.08 bits per heavy atom. The Kier molecular flexibility index (Phi) is 5.94. The number of aryl methyl sites for hydroxylation is 1. The first kappa shape index (κ1) is 19.5. The third-order valence-electron chi connectivity index (χ3n) is 3.27. The Morgan fingerprint density at radius 3 is 2.32 bits per heavy atom. The molecule has 4 nitrogen and oxygen atoms in total. The van der Waals surface area contributed by atoms with Crippen LogP contribution >= 0.6 is 34.2 Å². The van der Waals surface area contributed by atoms with Crippen molar-refractivity contribution in [1.82, 2.24) is 10.9 Å². The summed E-state index contributed by atoms with van der Waals surface area (Å²) in [5, 5.41) is -0.369. The van der Waals surface area contributed by atoms with E-state index >= 15 is 0 Å². The highest BCUT2D eigenvalue weighted by atomic mass is 127. The first-order valence-electron chi connectivity index (χ1n) is 6.84. The molecule has 0 aliphatic heterocycles. The number of carbonyl (C=O) groups is 2. The van der Waals surface area contributed by atoms with Crippen LogP contribution in [0.4, 0.5) is 13.2 Å². The number of rotatable bonds is 2. The Hall–Kier alpha value is -1.81. The molecule has 9 heteroatoms. The van der Waals surface area contributed by atoms with Crippen LogP contribution in [0.15, 0.2) is 36.4 Å². The number of carbonyl (C=O) groups excluding carboxylic acids is 2. The van der Waals surface area contributed by atoms with Gasteiger partial charge in [0.15, 0.2) is 0 Å². The first-order valence-corrected chi connectivity index (χ1v) is 8.29. The number of alkyl halides is 3. The van der Waals surface area contributed by atoms with E-state index < -0.39 is 29.1 Å². The molecule has 0 saturated heterocycles. The number of hydrogen-bond donors (Lipinski definition) is 2. The fourth-order valence-electron chi connectivity index (χ4n) is 1.97. The van der Waals surface area contributed by atoms with Crippen molar-refractivity contribution in [3.63, 3.8) is 0 Å². The van der Waals surface area contributed by atoms with Gasteiger partial charge < -0.3 is 0 Å². The van der Waals surface area contributed by atoms with E-state index in [1.807, 2.05) is 34.9 Å². The molecule has 0 bridgehead atoms. The molecular formula is C16H11ClF3IN2O2. The van der Waals surface area contributed by atoms with E-state index in [0.29, 0.717) is 0 Å². The lowest BCUT2D eigenvalue weighted by Gasteiger charge is -2.14. The van der Waals surface area contributed by atoms with E-state index in [2.05, 4.69) is 5.43 Å². The van der Waals surface area contributed by atoms with Gasteiger partial charge in [0.05, 0.1) is 16.1 Å². The molecule has 0 heterocycles. The number of benzene rings is 2. The standard InChI is InChI=1S/C16H11ClF3IN2O2/c1-8-5-6-9(7-12(8)21)14(24)22-23-15(25)13-10(16(18,19)20)3-2-4-11(13)17/h2-7H,1H3,(H,22,24)(H,23,25). The van der Waals surface area contributed by atoms with Crippen molar-refractivity contribution in [2.75, 3.05) is 0 Å². The monoisotopic (exact) mass is 482 g/mol. The second kappa shape index (κ2) is 7.61. The highest BCUT2D eigenvalue weighted by Crippen LogP contribution is 2.34. The zero-order chi connectivity index (χ0) is 18.8.